The van der Waals surface area contributed by atoms with E-state index in [1.54, 1.807) is 13.2 Å². The molecule has 1 atom stereocenters. The van der Waals surface area contributed by atoms with Gasteiger partial charge in [-0.2, -0.15) is 5.10 Å². The van der Waals surface area contributed by atoms with Crippen molar-refractivity contribution in [2.75, 3.05) is 6.54 Å². The Balaban J connectivity index is 2.64. The van der Waals surface area contributed by atoms with Gasteiger partial charge in [0.15, 0.2) is 6.04 Å². The van der Waals surface area contributed by atoms with Crippen LogP contribution in [0.25, 0.3) is 0 Å². The molecule has 0 aliphatic rings. The summed E-state index contributed by atoms with van der Waals surface area (Å²) in [4.78, 5) is 22.6. The minimum absolute atomic E-state index is 0.303. The van der Waals surface area contributed by atoms with E-state index in [1.165, 1.54) is 10.9 Å². The maximum atomic E-state index is 11.5. The highest BCUT2D eigenvalue weighted by atomic mass is 16.4. The number of aryl methyl sites for hydroxylation is 1. The lowest BCUT2D eigenvalue weighted by molar-refractivity contribution is -0.139. The summed E-state index contributed by atoms with van der Waals surface area (Å²) in [6, 6.07) is -1.59. The molecule has 18 heavy (non-hydrogen) atoms. The summed E-state index contributed by atoms with van der Waals surface area (Å²) in [6.45, 7) is 4.40. The second-order valence-corrected chi connectivity index (χ2v) is 4.47. The number of nitrogens with zero attached hydrogens (tertiary/aromatic N) is 2. The number of carboxylic acids is 1. The van der Waals surface area contributed by atoms with Crippen molar-refractivity contribution in [1.82, 2.24) is 20.4 Å². The lowest BCUT2D eigenvalue weighted by atomic mass is 10.1. The van der Waals surface area contributed by atoms with Crippen LogP contribution in [-0.2, 0) is 11.8 Å². The molecule has 0 radical (unpaired) electrons. The summed E-state index contributed by atoms with van der Waals surface area (Å²) >= 11 is 0. The highest BCUT2D eigenvalue weighted by Gasteiger charge is 2.23. The lowest BCUT2D eigenvalue weighted by Crippen LogP contribution is -2.42. The summed E-state index contributed by atoms with van der Waals surface area (Å²) in [7, 11) is 1.68. The number of aliphatic carboxylic acids is 1. The average Bonchev–Trinajstić information content (AvgIpc) is 2.69. The zero-order valence-corrected chi connectivity index (χ0v) is 10.7. The quantitative estimate of drug-likeness (QED) is 0.713. The standard InChI is InChI=1S/C11H18N4O3/c1-7(2)4-12-11(18)14-9(10(16)17)8-5-13-15(3)6-8/h5-7,9H,4H2,1-3H3,(H,16,17)(H2,12,14,18). The molecule has 1 aromatic heterocycles. The van der Waals surface area contributed by atoms with Gasteiger partial charge >= 0.3 is 12.0 Å². The number of rotatable bonds is 5. The van der Waals surface area contributed by atoms with Crippen LogP contribution in [0.1, 0.15) is 25.5 Å². The third-order valence-electron chi connectivity index (χ3n) is 2.25. The van der Waals surface area contributed by atoms with E-state index in [0.29, 0.717) is 18.0 Å². The van der Waals surface area contributed by atoms with E-state index < -0.39 is 18.0 Å². The highest BCUT2D eigenvalue weighted by molar-refractivity contribution is 5.83. The normalized spacial score (nSPS) is 12.2. The van der Waals surface area contributed by atoms with Crippen molar-refractivity contribution in [1.29, 1.82) is 0 Å². The molecule has 3 N–H and O–H groups in total. The smallest absolute Gasteiger partial charge is 0.331 e. The van der Waals surface area contributed by atoms with Crippen molar-refractivity contribution in [3.8, 4) is 0 Å². The summed E-state index contributed by atoms with van der Waals surface area (Å²) in [6.07, 6.45) is 2.98. The first-order chi connectivity index (χ1) is 8.40. The van der Waals surface area contributed by atoms with Crippen LogP contribution < -0.4 is 10.6 Å². The number of hydrogen-bond acceptors (Lipinski definition) is 3. The lowest BCUT2D eigenvalue weighted by Gasteiger charge is -2.14. The Morgan fingerprint density at radius 3 is 2.61 bits per heavy atom. The molecule has 0 aliphatic heterocycles. The molecule has 2 amide bonds. The molecule has 0 spiro atoms. The molecular formula is C11H18N4O3. The first-order valence-electron chi connectivity index (χ1n) is 5.66. The molecule has 0 aromatic carbocycles. The van der Waals surface area contributed by atoms with Crippen molar-refractivity contribution in [2.24, 2.45) is 13.0 Å². The Morgan fingerprint density at radius 1 is 1.50 bits per heavy atom. The van der Waals surface area contributed by atoms with Crippen LogP contribution in [0.15, 0.2) is 12.4 Å². The van der Waals surface area contributed by atoms with Crippen molar-refractivity contribution in [3.63, 3.8) is 0 Å². The van der Waals surface area contributed by atoms with E-state index in [0.717, 1.165) is 0 Å². The van der Waals surface area contributed by atoms with E-state index in [-0.39, 0.29) is 0 Å². The fourth-order valence-corrected chi connectivity index (χ4v) is 1.36. The molecule has 0 saturated heterocycles. The number of carbonyl (C=O) groups is 2. The third-order valence-corrected chi connectivity index (χ3v) is 2.25. The predicted octanol–water partition coefficient (Wildman–Crippen LogP) is 0.501. The summed E-state index contributed by atoms with van der Waals surface area (Å²) in [5.41, 5.74) is 0.435. The topological polar surface area (TPSA) is 96.2 Å². The maximum absolute atomic E-state index is 11.5. The second kappa shape index (κ2) is 6.04. The van der Waals surface area contributed by atoms with Gasteiger partial charge in [0.05, 0.1) is 6.20 Å². The molecule has 0 bridgehead atoms. The van der Waals surface area contributed by atoms with Gasteiger partial charge in [-0.15, -0.1) is 0 Å². The van der Waals surface area contributed by atoms with Crippen LogP contribution in [0.2, 0.25) is 0 Å². The molecule has 7 nitrogen and oxygen atoms in total. The Hall–Kier alpha value is -2.05. The monoisotopic (exact) mass is 254 g/mol. The summed E-state index contributed by atoms with van der Waals surface area (Å²) < 4.78 is 1.49. The Morgan fingerprint density at radius 2 is 2.17 bits per heavy atom. The van der Waals surface area contributed by atoms with Gasteiger partial charge in [-0.05, 0) is 5.92 Å². The third kappa shape index (κ3) is 4.08. The van der Waals surface area contributed by atoms with Crippen LogP contribution in [0.5, 0.6) is 0 Å². The van der Waals surface area contributed by atoms with E-state index in [4.69, 9.17) is 5.11 Å². The van der Waals surface area contributed by atoms with E-state index in [1.807, 2.05) is 13.8 Å². The number of urea groups is 1. The second-order valence-electron chi connectivity index (χ2n) is 4.47. The van der Waals surface area contributed by atoms with Crippen LogP contribution in [-0.4, -0.2) is 33.4 Å². The van der Waals surface area contributed by atoms with Crippen LogP contribution >= 0.6 is 0 Å². The molecule has 0 fully saturated rings. The molecule has 1 aromatic rings. The number of nitrogens with one attached hydrogen (secondary N) is 2. The van der Waals surface area contributed by atoms with Crippen LogP contribution in [0, 0.1) is 5.92 Å². The summed E-state index contributed by atoms with van der Waals surface area (Å²) in [5.74, 6) is -0.819. The number of aromatic nitrogens is 2. The number of carboxylic acid groups (broad SMARTS) is 1. The Bertz CT molecular complexity index is 428. The zero-order chi connectivity index (χ0) is 13.7. The molecular weight excluding hydrogens is 236 g/mol. The number of amides is 2. The van der Waals surface area contributed by atoms with Gasteiger partial charge in [-0.25, -0.2) is 9.59 Å². The van der Waals surface area contributed by atoms with Gasteiger partial charge in [-0.3, -0.25) is 4.68 Å². The van der Waals surface area contributed by atoms with Gasteiger partial charge in [0.1, 0.15) is 0 Å². The van der Waals surface area contributed by atoms with Crippen molar-refractivity contribution < 1.29 is 14.7 Å². The van der Waals surface area contributed by atoms with E-state index in [2.05, 4.69) is 15.7 Å². The average molecular weight is 254 g/mol. The van der Waals surface area contributed by atoms with Crippen molar-refractivity contribution in [2.45, 2.75) is 19.9 Å². The molecule has 1 unspecified atom stereocenters. The van der Waals surface area contributed by atoms with Crippen LogP contribution in [0.4, 0.5) is 4.79 Å². The van der Waals surface area contributed by atoms with Crippen molar-refractivity contribution in [3.05, 3.63) is 18.0 Å². The molecule has 0 saturated carbocycles. The molecule has 0 aliphatic carbocycles. The minimum Gasteiger partial charge on any atom is -0.479 e. The van der Waals surface area contributed by atoms with E-state index >= 15 is 0 Å². The summed E-state index contributed by atoms with van der Waals surface area (Å²) in [5, 5.41) is 18.0. The number of hydrogen-bond donors (Lipinski definition) is 3. The Labute approximate surface area is 105 Å². The van der Waals surface area contributed by atoms with Gasteiger partial charge in [0, 0.05) is 25.4 Å². The van der Waals surface area contributed by atoms with Gasteiger partial charge < -0.3 is 15.7 Å². The first-order valence-corrected chi connectivity index (χ1v) is 5.66. The SMILES string of the molecule is CC(C)CNC(=O)NC(C(=O)O)c1cnn(C)c1. The Kier molecular flexibility index (Phi) is 4.70. The number of carbonyl (C=O) groups excluding carboxylic acids is 1. The van der Waals surface area contributed by atoms with Crippen LogP contribution in [0.3, 0.4) is 0 Å². The van der Waals surface area contributed by atoms with Gasteiger partial charge in [0.2, 0.25) is 0 Å². The molecule has 1 heterocycles. The zero-order valence-electron chi connectivity index (χ0n) is 10.7. The van der Waals surface area contributed by atoms with Gasteiger partial charge in [0.25, 0.3) is 0 Å². The molecule has 7 heteroatoms. The fourth-order valence-electron chi connectivity index (χ4n) is 1.36. The first kappa shape index (κ1) is 14.0. The molecule has 1 rings (SSSR count). The van der Waals surface area contributed by atoms with Gasteiger partial charge in [-0.1, -0.05) is 13.8 Å². The fraction of sp³-hybridized carbons (Fsp3) is 0.545. The highest BCUT2D eigenvalue weighted by Crippen LogP contribution is 2.11. The predicted molar refractivity (Wildman–Crippen MR) is 65.0 cm³/mol. The van der Waals surface area contributed by atoms with Crippen molar-refractivity contribution >= 4 is 12.0 Å². The molecule has 100 valence electrons. The maximum Gasteiger partial charge on any atom is 0.331 e. The van der Waals surface area contributed by atoms with E-state index in [9.17, 15) is 9.59 Å². The minimum atomic E-state index is -1.12. The largest absolute Gasteiger partial charge is 0.479 e.